The van der Waals surface area contributed by atoms with Gasteiger partial charge in [0.05, 0.1) is 17.3 Å². The van der Waals surface area contributed by atoms with Crippen LogP contribution in [-0.4, -0.2) is 32.5 Å². The van der Waals surface area contributed by atoms with Crippen LogP contribution in [0.2, 0.25) is 5.02 Å². The van der Waals surface area contributed by atoms with Crippen LogP contribution < -0.4 is 5.73 Å². The molecular weight excluding hydrogens is 354 g/mol. The molecule has 0 aliphatic carbocycles. The topological polar surface area (TPSA) is 98.1 Å². The third-order valence-corrected chi connectivity index (χ3v) is 4.79. The fourth-order valence-electron chi connectivity index (χ4n) is 3.11. The number of benzene rings is 1. The Morgan fingerprint density at radius 2 is 2.15 bits per heavy atom. The molecule has 0 radical (unpaired) electrons. The molecule has 0 spiro atoms. The predicted molar refractivity (Wildman–Crippen MR) is 96.6 cm³/mol. The Kier molecular flexibility index (Phi) is 4.08. The van der Waals surface area contributed by atoms with Crippen LogP contribution in [0.3, 0.4) is 0 Å². The van der Waals surface area contributed by atoms with Gasteiger partial charge in [0.2, 0.25) is 5.95 Å². The van der Waals surface area contributed by atoms with Gasteiger partial charge in [0, 0.05) is 18.3 Å². The first kappa shape index (κ1) is 16.5. The van der Waals surface area contributed by atoms with Crippen molar-refractivity contribution in [1.29, 1.82) is 0 Å². The van der Waals surface area contributed by atoms with E-state index in [1.807, 2.05) is 18.2 Å². The van der Waals surface area contributed by atoms with Crippen molar-refractivity contribution >= 4 is 23.5 Å². The van der Waals surface area contributed by atoms with Gasteiger partial charge in [-0.05, 0) is 25.0 Å². The Labute approximate surface area is 154 Å². The molecule has 3 heterocycles. The number of nitrogen functional groups attached to an aromatic ring is 1. The minimum absolute atomic E-state index is 0.165. The van der Waals surface area contributed by atoms with Crippen LogP contribution in [0.15, 0.2) is 35.0 Å². The van der Waals surface area contributed by atoms with Gasteiger partial charge >= 0.3 is 0 Å². The molecule has 0 atom stereocenters. The molecule has 1 aliphatic rings. The fourth-order valence-corrected chi connectivity index (χ4v) is 3.34. The zero-order chi connectivity index (χ0) is 18.3. The molecule has 1 aromatic carbocycles. The van der Waals surface area contributed by atoms with Gasteiger partial charge in [-0.15, -0.1) is 0 Å². The van der Waals surface area contributed by atoms with Crippen molar-refractivity contribution in [1.82, 2.24) is 20.0 Å². The van der Waals surface area contributed by atoms with E-state index in [9.17, 15) is 4.79 Å². The van der Waals surface area contributed by atoms with E-state index < -0.39 is 0 Å². The lowest BCUT2D eigenvalue weighted by atomic mass is 10.0. The zero-order valence-corrected chi connectivity index (χ0v) is 14.8. The van der Waals surface area contributed by atoms with E-state index in [1.165, 1.54) is 0 Å². The second-order valence-corrected chi connectivity index (χ2v) is 6.53. The summed E-state index contributed by atoms with van der Waals surface area (Å²) in [4.78, 5) is 23.2. The van der Waals surface area contributed by atoms with Crippen LogP contribution in [0.5, 0.6) is 0 Å². The van der Waals surface area contributed by atoms with Crippen molar-refractivity contribution in [3.63, 3.8) is 0 Å². The number of anilines is 1. The van der Waals surface area contributed by atoms with Crippen LogP contribution in [0, 0.1) is 6.92 Å². The molecular formula is C18H16ClN5O2. The van der Waals surface area contributed by atoms with Crippen LogP contribution in [-0.2, 0) is 13.0 Å². The van der Waals surface area contributed by atoms with E-state index >= 15 is 0 Å². The zero-order valence-electron chi connectivity index (χ0n) is 14.1. The van der Waals surface area contributed by atoms with Crippen molar-refractivity contribution in [3.05, 3.63) is 58.1 Å². The average Bonchev–Trinajstić information content (AvgIpc) is 3.02. The lowest BCUT2D eigenvalue weighted by Gasteiger charge is -2.28. The number of fused-ring (bicyclic) bond motifs is 1. The van der Waals surface area contributed by atoms with Gasteiger partial charge in [0.15, 0.2) is 0 Å². The maximum Gasteiger partial charge on any atom is 0.260 e. The second-order valence-electron chi connectivity index (χ2n) is 6.12. The van der Waals surface area contributed by atoms with Gasteiger partial charge in [0.1, 0.15) is 17.0 Å². The first-order valence-corrected chi connectivity index (χ1v) is 8.53. The highest BCUT2D eigenvalue weighted by Crippen LogP contribution is 2.32. The Morgan fingerprint density at radius 1 is 1.35 bits per heavy atom. The summed E-state index contributed by atoms with van der Waals surface area (Å²) in [7, 11) is 0. The lowest BCUT2D eigenvalue weighted by Crippen LogP contribution is -2.37. The van der Waals surface area contributed by atoms with E-state index in [2.05, 4.69) is 15.1 Å². The summed E-state index contributed by atoms with van der Waals surface area (Å²) in [5.74, 6) is 0.496. The van der Waals surface area contributed by atoms with Crippen molar-refractivity contribution in [3.8, 4) is 11.3 Å². The van der Waals surface area contributed by atoms with Crippen molar-refractivity contribution in [2.75, 3.05) is 12.3 Å². The summed E-state index contributed by atoms with van der Waals surface area (Å²) in [6.07, 6.45) is 2.40. The maximum atomic E-state index is 13.2. The molecule has 0 saturated carbocycles. The normalized spacial score (nSPS) is 13.5. The molecule has 7 nitrogen and oxygen atoms in total. The lowest BCUT2D eigenvalue weighted by molar-refractivity contribution is 0.0730. The third-order valence-electron chi connectivity index (χ3n) is 4.46. The molecule has 2 aromatic heterocycles. The Hall–Kier alpha value is -2.93. The highest BCUT2D eigenvalue weighted by molar-refractivity contribution is 6.33. The number of rotatable bonds is 2. The summed E-state index contributed by atoms with van der Waals surface area (Å²) < 4.78 is 5.30. The molecule has 0 unspecified atom stereocenters. The van der Waals surface area contributed by atoms with E-state index in [0.29, 0.717) is 47.1 Å². The Morgan fingerprint density at radius 3 is 2.96 bits per heavy atom. The summed E-state index contributed by atoms with van der Waals surface area (Å²) in [5.41, 5.74) is 8.99. The monoisotopic (exact) mass is 369 g/mol. The highest BCUT2D eigenvalue weighted by atomic mass is 35.5. The van der Waals surface area contributed by atoms with E-state index in [0.717, 1.165) is 11.3 Å². The van der Waals surface area contributed by atoms with Crippen molar-refractivity contribution < 1.29 is 9.32 Å². The number of nitrogens with two attached hydrogens (primary N) is 1. The first-order chi connectivity index (χ1) is 12.5. The summed E-state index contributed by atoms with van der Waals surface area (Å²) in [6.45, 7) is 2.65. The van der Waals surface area contributed by atoms with E-state index in [4.69, 9.17) is 21.9 Å². The summed E-state index contributed by atoms with van der Waals surface area (Å²) in [5, 5.41) is 4.58. The fraction of sp³-hybridized carbons (Fsp3) is 0.222. The number of amides is 1. The molecule has 8 heteroatoms. The summed E-state index contributed by atoms with van der Waals surface area (Å²) >= 11 is 6.28. The molecule has 0 fully saturated rings. The molecule has 0 bridgehead atoms. The first-order valence-electron chi connectivity index (χ1n) is 8.15. The molecule has 0 saturated heterocycles. The molecule has 3 aromatic rings. The smallest absolute Gasteiger partial charge is 0.260 e. The van der Waals surface area contributed by atoms with E-state index in [-0.39, 0.29) is 11.9 Å². The van der Waals surface area contributed by atoms with Crippen molar-refractivity contribution in [2.45, 2.75) is 19.9 Å². The number of hydrogen-bond donors (Lipinski definition) is 1. The van der Waals surface area contributed by atoms with E-state index in [1.54, 1.807) is 24.1 Å². The van der Waals surface area contributed by atoms with Crippen LogP contribution >= 0.6 is 11.6 Å². The number of hydrogen-bond acceptors (Lipinski definition) is 6. The number of carbonyl (C=O) groups is 1. The minimum atomic E-state index is -0.165. The van der Waals surface area contributed by atoms with Gasteiger partial charge in [-0.3, -0.25) is 4.79 Å². The molecule has 1 amide bonds. The maximum absolute atomic E-state index is 13.2. The SMILES string of the molecule is Cc1onc(-c2ccccc2Cl)c1C(=O)N1CCc2cnc(N)nc2C1. The largest absolute Gasteiger partial charge is 0.368 e. The second kappa shape index (κ2) is 6.42. The summed E-state index contributed by atoms with van der Waals surface area (Å²) in [6, 6.07) is 7.24. The van der Waals surface area contributed by atoms with Crippen LogP contribution in [0.25, 0.3) is 11.3 Å². The number of carbonyl (C=O) groups excluding carboxylic acids is 1. The molecule has 132 valence electrons. The number of aromatic nitrogens is 3. The molecule has 2 N–H and O–H groups in total. The molecule has 1 aliphatic heterocycles. The number of nitrogens with zero attached hydrogens (tertiary/aromatic N) is 4. The standard InChI is InChI=1S/C18H16ClN5O2/c1-10-15(16(23-26-10)12-4-2-3-5-13(12)19)17(25)24-7-6-11-8-21-18(20)22-14(11)9-24/h2-5,8H,6-7,9H2,1H3,(H2,20,21,22). The Balaban J connectivity index is 1.70. The molecule has 26 heavy (non-hydrogen) atoms. The number of halogens is 1. The van der Waals surface area contributed by atoms with Gasteiger partial charge in [-0.25, -0.2) is 9.97 Å². The van der Waals surface area contributed by atoms with Crippen LogP contribution in [0.4, 0.5) is 5.95 Å². The minimum Gasteiger partial charge on any atom is -0.368 e. The third kappa shape index (κ3) is 2.80. The van der Waals surface area contributed by atoms with Gasteiger partial charge in [-0.2, -0.15) is 0 Å². The van der Waals surface area contributed by atoms with Crippen molar-refractivity contribution in [2.24, 2.45) is 0 Å². The Bertz CT molecular complexity index is 1000. The van der Waals surface area contributed by atoms with Gasteiger partial charge in [-0.1, -0.05) is 35.0 Å². The predicted octanol–water partition coefficient (Wildman–Crippen LogP) is 2.87. The van der Waals surface area contributed by atoms with Gasteiger partial charge < -0.3 is 15.2 Å². The quantitative estimate of drug-likeness (QED) is 0.745. The van der Waals surface area contributed by atoms with Crippen LogP contribution in [0.1, 0.15) is 27.4 Å². The number of aryl methyl sites for hydroxylation is 1. The van der Waals surface area contributed by atoms with Gasteiger partial charge in [0.25, 0.3) is 5.91 Å². The molecule has 4 rings (SSSR count). The average molecular weight is 370 g/mol. The highest BCUT2D eigenvalue weighted by Gasteiger charge is 2.29.